The molecular weight excluding hydrogens is 318 g/mol. The molecule has 2 aromatic rings. The van der Waals surface area contributed by atoms with E-state index in [1.54, 1.807) is 48.5 Å². The van der Waals surface area contributed by atoms with Crippen LogP contribution in [0.3, 0.4) is 0 Å². The van der Waals surface area contributed by atoms with Gasteiger partial charge in [0.1, 0.15) is 5.75 Å². The highest BCUT2D eigenvalue weighted by atomic mass is 16.5. The van der Waals surface area contributed by atoms with Crippen molar-refractivity contribution in [2.45, 2.75) is 19.8 Å². The van der Waals surface area contributed by atoms with E-state index < -0.39 is 0 Å². The Bertz CT molecular complexity index is 779. The summed E-state index contributed by atoms with van der Waals surface area (Å²) >= 11 is 0. The van der Waals surface area contributed by atoms with Crippen molar-refractivity contribution >= 4 is 23.2 Å². The molecule has 0 aliphatic heterocycles. The van der Waals surface area contributed by atoms with Gasteiger partial charge in [-0.15, -0.1) is 0 Å². The molecule has 0 fully saturated rings. The minimum Gasteiger partial charge on any atom is -0.493 e. The summed E-state index contributed by atoms with van der Waals surface area (Å²) in [5, 5.41) is 14.0. The van der Waals surface area contributed by atoms with Gasteiger partial charge >= 0.3 is 0 Å². The van der Waals surface area contributed by atoms with Crippen LogP contribution < -0.4 is 15.4 Å². The Morgan fingerprint density at radius 3 is 2.52 bits per heavy atom. The molecule has 0 atom stereocenters. The zero-order valence-electron chi connectivity index (χ0n) is 13.9. The van der Waals surface area contributed by atoms with E-state index in [0.29, 0.717) is 42.1 Å². The maximum Gasteiger partial charge on any atom is 0.255 e. The Morgan fingerprint density at radius 1 is 1.08 bits per heavy atom. The number of hydrogen-bond donors (Lipinski definition) is 2. The molecule has 0 bridgehead atoms. The van der Waals surface area contributed by atoms with Gasteiger partial charge in [-0.2, -0.15) is 5.26 Å². The van der Waals surface area contributed by atoms with E-state index in [1.807, 2.05) is 0 Å². The van der Waals surface area contributed by atoms with Crippen LogP contribution in [0, 0.1) is 11.3 Å². The van der Waals surface area contributed by atoms with E-state index in [4.69, 9.17) is 10.00 Å². The van der Waals surface area contributed by atoms with Gasteiger partial charge in [0.05, 0.1) is 12.7 Å². The number of anilines is 2. The first-order valence-corrected chi connectivity index (χ1v) is 7.87. The summed E-state index contributed by atoms with van der Waals surface area (Å²) in [6.45, 7) is 1.88. The van der Waals surface area contributed by atoms with Gasteiger partial charge in [-0.3, -0.25) is 9.59 Å². The van der Waals surface area contributed by atoms with Crippen LogP contribution in [0.5, 0.6) is 5.75 Å². The van der Waals surface area contributed by atoms with Crippen molar-refractivity contribution < 1.29 is 14.3 Å². The van der Waals surface area contributed by atoms with Gasteiger partial charge < -0.3 is 15.4 Å². The molecule has 0 saturated heterocycles. The molecule has 0 heterocycles. The standard InChI is InChI=1S/C19H19N3O3/c1-14(23)21-16-9-7-15(8-10-16)19(24)22-17-5-4-6-18(13-17)25-12-3-2-11-20/h4-10,13H,2-3,12H2,1H3,(H,21,23)(H,22,24). The molecule has 0 aromatic heterocycles. The van der Waals surface area contributed by atoms with Crippen molar-refractivity contribution in [1.82, 2.24) is 0 Å². The Balaban J connectivity index is 1.95. The number of carbonyl (C=O) groups is 2. The fourth-order valence-corrected chi connectivity index (χ4v) is 2.12. The first kappa shape index (κ1) is 18.0. The highest BCUT2D eigenvalue weighted by Gasteiger charge is 2.07. The summed E-state index contributed by atoms with van der Waals surface area (Å²) in [5.41, 5.74) is 1.74. The number of carbonyl (C=O) groups excluding carboxylic acids is 2. The largest absolute Gasteiger partial charge is 0.493 e. The smallest absolute Gasteiger partial charge is 0.255 e. The first-order valence-electron chi connectivity index (χ1n) is 7.87. The van der Waals surface area contributed by atoms with E-state index in [1.165, 1.54) is 6.92 Å². The quantitative estimate of drug-likeness (QED) is 0.756. The molecule has 0 spiro atoms. The van der Waals surface area contributed by atoms with Crippen molar-refractivity contribution in [2.24, 2.45) is 0 Å². The highest BCUT2D eigenvalue weighted by Crippen LogP contribution is 2.19. The average Bonchev–Trinajstić information content (AvgIpc) is 2.59. The lowest BCUT2D eigenvalue weighted by Gasteiger charge is -2.09. The van der Waals surface area contributed by atoms with E-state index >= 15 is 0 Å². The van der Waals surface area contributed by atoms with Gasteiger partial charge in [0.2, 0.25) is 5.91 Å². The third-order valence-electron chi connectivity index (χ3n) is 3.26. The van der Waals surface area contributed by atoms with Crippen molar-refractivity contribution in [2.75, 3.05) is 17.2 Å². The summed E-state index contributed by atoms with van der Waals surface area (Å²) in [6.07, 6.45) is 1.11. The van der Waals surface area contributed by atoms with Crippen molar-refractivity contribution in [3.63, 3.8) is 0 Å². The third-order valence-corrected chi connectivity index (χ3v) is 3.26. The van der Waals surface area contributed by atoms with Crippen LogP contribution in [0.1, 0.15) is 30.1 Å². The second kappa shape index (κ2) is 9.08. The molecule has 2 aromatic carbocycles. The van der Waals surface area contributed by atoms with Gasteiger partial charge in [0, 0.05) is 36.3 Å². The fraction of sp³-hybridized carbons (Fsp3) is 0.211. The highest BCUT2D eigenvalue weighted by molar-refractivity contribution is 6.04. The number of nitrogens with zero attached hydrogens (tertiary/aromatic N) is 1. The predicted octanol–water partition coefficient (Wildman–Crippen LogP) is 3.58. The lowest BCUT2D eigenvalue weighted by atomic mass is 10.2. The molecule has 0 aliphatic carbocycles. The zero-order valence-corrected chi connectivity index (χ0v) is 13.9. The number of hydrogen-bond acceptors (Lipinski definition) is 4. The van der Waals surface area contributed by atoms with Crippen molar-refractivity contribution in [3.05, 3.63) is 54.1 Å². The number of rotatable bonds is 7. The van der Waals surface area contributed by atoms with E-state index in [2.05, 4.69) is 16.7 Å². The SMILES string of the molecule is CC(=O)Nc1ccc(C(=O)Nc2cccc(OCCCC#N)c2)cc1. The van der Waals surface area contributed by atoms with Crippen LogP contribution in [-0.4, -0.2) is 18.4 Å². The number of unbranched alkanes of at least 4 members (excludes halogenated alkanes) is 1. The minimum absolute atomic E-state index is 0.163. The monoisotopic (exact) mass is 337 g/mol. The first-order chi connectivity index (χ1) is 12.1. The fourth-order valence-electron chi connectivity index (χ4n) is 2.12. The summed E-state index contributed by atoms with van der Waals surface area (Å²) in [4.78, 5) is 23.3. The lowest BCUT2D eigenvalue weighted by molar-refractivity contribution is -0.114. The Morgan fingerprint density at radius 2 is 1.84 bits per heavy atom. The van der Waals surface area contributed by atoms with E-state index in [9.17, 15) is 9.59 Å². The predicted molar refractivity (Wildman–Crippen MR) is 95.5 cm³/mol. The minimum atomic E-state index is -0.254. The molecule has 2 amide bonds. The molecule has 2 rings (SSSR count). The van der Waals surface area contributed by atoms with Crippen LogP contribution in [0.25, 0.3) is 0 Å². The third kappa shape index (κ3) is 5.99. The summed E-state index contributed by atoms with van der Waals surface area (Å²) in [7, 11) is 0. The van der Waals surface area contributed by atoms with Crippen LogP contribution in [0.4, 0.5) is 11.4 Å². The molecule has 6 heteroatoms. The normalized spacial score (nSPS) is 9.76. The summed E-state index contributed by atoms with van der Waals surface area (Å²) < 4.78 is 5.55. The summed E-state index contributed by atoms with van der Waals surface area (Å²) in [5.74, 6) is 0.219. The summed E-state index contributed by atoms with van der Waals surface area (Å²) in [6, 6.07) is 15.8. The maximum atomic E-state index is 12.3. The second-order valence-electron chi connectivity index (χ2n) is 5.35. The van der Waals surface area contributed by atoms with Gasteiger partial charge in [-0.1, -0.05) is 6.07 Å². The molecule has 0 unspecified atom stereocenters. The number of nitrogens with one attached hydrogen (secondary N) is 2. The molecule has 0 saturated carbocycles. The Kier molecular flexibility index (Phi) is 6.55. The molecule has 0 aliphatic rings. The maximum absolute atomic E-state index is 12.3. The van der Waals surface area contributed by atoms with Gasteiger partial charge in [0.15, 0.2) is 0 Å². The Hall–Kier alpha value is -3.33. The van der Waals surface area contributed by atoms with E-state index in [0.717, 1.165) is 0 Å². The molecule has 2 N–H and O–H groups in total. The Labute approximate surface area is 146 Å². The average molecular weight is 337 g/mol. The van der Waals surface area contributed by atoms with Crippen molar-refractivity contribution in [3.8, 4) is 11.8 Å². The van der Waals surface area contributed by atoms with Gasteiger partial charge in [-0.25, -0.2) is 0 Å². The van der Waals surface area contributed by atoms with Crippen LogP contribution >= 0.6 is 0 Å². The topological polar surface area (TPSA) is 91.2 Å². The second-order valence-corrected chi connectivity index (χ2v) is 5.35. The van der Waals surface area contributed by atoms with Crippen molar-refractivity contribution in [1.29, 1.82) is 5.26 Å². The number of ether oxygens (including phenoxy) is 1. The lowest BCUT2D eigenvalue weighted by Crippen LogP contribution is -2.12. The molecule has 6 nitrogen and oxygen atoms in total. The number of nitriles is 1. The van der Waals surface area contributed by atoms with Crippen LogP contribution in [-0.2, 0) is 4.79 Å². The zero-order chi connectivity index (χ0) is 18.1. The number of benzene rings is 2. The van der Waals surface area contributed by atoms with Crippen LogP contribution in [0.15, 0.2) is 48.5 Å². The molecular formula is C19H19N3O3. The van der Waals surface area contributed by atoms with Crippen LogP contribution in [0.2, 0.25) is 0 Å². The number of amides is 2. The molecule has 128 valence electrons. The molecule has 0 radical (unpaired) electrons. The van der Waals surface area contributed by atoms with Gasteiger partial charge in [-0.05, 0) is 42.8 Å². The molecule has 25 heavy (non-hydrogen) atoms. The van der Waals surface area contributed by atoms with E-state index in [-0.39, 0.29) is 11.8 Å². The van der Waals surface area contributed by atoms with Gasteiger partial charge in [0.25, 0.3) is 5.91 Å².